The number of ether oxygens (including phenoxy) is 5. The number of nitrogens with zero attached hydrogens (tertiary/aromatic N) is 2. The van der Waals surface area contributed by atoms with E-state index in [1.807, 2.05) is 25.1 Å². The van der Waals surface area contributed by atoms with Gasteiger partial charge in [0.05, 0.1) is 41.5 Å². The number of phenolic OH excluding ortho intramolecular Hbond substituents is 1. The van der Waals surface area contributed by atoms with Crippen LogP contribution in [0.15, 0.2) is 168 Å². The van der Waals surface area contributed by atoms with Gasteiger partial charge in [-0.3, -0.25) is 0 Å². The third-order valence-electron chi connectivity index (χ3n) is 17.6. The monoisotopic (exact) mass is 1060 g/mol. The third kappa shape index (κ3) is 11.0. The van der Waals surface area contributed by atoms with Crippen LogP contribution in [0.25, 0.3) is 21.5 Å². The molecule has 0 radical (unpaired) electrons. The Balaban J connectivity index is 0.917. The molecule has 2 N–H and O–H groups in total. The number of fused-ring (bicyclic) bond motifs is 6. The van der Waals surface area contributed by atoms with Gasteiger partial charge in [-0.15, -0.1) is 0 Å². The number of aromatic hydroxyl groups is 1. The normalized spacial score (nSPS) is 25.3. The van der Waals surface area contributed by atoms with E-state index >= 15 is 0 Å². The summed E-state index contributed by atoms with van der Waals surface area (Å²) in [5, 5.41) is 26.0. The van der Waals surface area contributed by atoms with E-state index in [1.165, 1.54) is 55.5 Å². The number of phenols is 1. The Morgan fingerprint density at radius 3 is 1.95 bits per heavy atom. The Kier molecular flexibility index (Phi) is 15.9. The second-order valence-corrected chi connectivity index (χ2v) is 23.9. The molecular formula is C70H81N2O7+. The number of hydrogen-bond acceptors (Lipinski definition) is 8. The highest BCUT2D eigenvalue weighted by molar-refractivity contribution is 6.07. The fraction of sp³-hybridized carbons (Fsp3) is 0.414. The van der Waals surface area contributed by atoms with Crippen molar-refractivity contribution in [3.8, 4) is 11.5 Å². The predicted octanol–water partition coefficient (Wildman–Crippen LogP) is 16.2. The van der Waals surface area contributed by atoms with E-state index in [4.69, 9.17) is 23.7 Å². The molecule has 6 aromatic rings. The molecule has 4 aliphatic heterocycles. The zero-order valence-corrected chi connectivity index (χ0v) is 47.7. The highest BCUT2D eigenvalue weighted by atomic mass is 16.7. The van der Waals surface area contributed by atoms with Gasteiger partial charge in [0.25, 0.3) is 0 Å². The van der Waals surface area contributed by atoms with Crippen LogP contribution in [0.5, 0.6) is 11.5 Å². The van der Waals surface area contributed by atoms with Crippen LogP contribution in [0.2, 0.25) is 0 Å². The molecule has 2 fully saturated rings. The summed E-state index contributed by atoms with van der Waals surface area (Å²) >= 11 is 0. The van der Waals surface area contributed by atoms with Gasteiger partial charge in [0.1, 0.15) is 24.3 Å². The van der Waals surface area contributed by atoms with Gasteiger partial charge in [0, 0.05) is 60.0 Å². The number of allylic oxidation sites excluding steroid dienone is 7. The number of likely N-dealkylation sites (N-methyl/N-ethyl adjacent to an activating group) is 1. The molecule has 0 amide bonds. The number of benzene rings is 6. The van der Waals surface area contributed by atoms with Crippen molar-refractivity contribution in [3.63, 3.8) is 0 Å². The molecule has 0 aromatic heterocycles. The van der Waals surface area contributed by atoms with E-state index < -0.39 is 12.6 Å². The van der Waals surface area contributed by atoms with Gasteiger partial charge in [0.15, 0.2) is 18.3 Å². The fourth-order valence-corrected chi connectivity index (χ4v) is 13.6. The molecule has 5 aliphatic rings. The second-order valence-electron chi connectivity index (χ2n) is 23.9. The summed E-state index contributed by atoms with van der Waals surface area (Å²) in [6.07, 6.45) is 17.5. The topological polar surface area (TPSA) is 92.9 Å². The summed E-state index contributed by atoms with van der Waals surface area (Å²) in [5.74, 6) is 1.77. The van der Waals surface area contributed by atoms with Crippen LogP contribution in [-0.4, -0.2) is 65.1 Å². The summed E-state index contributed by atoms with van der Waals surface area (Å²) in [5.41, 5.74) is 11.0. The Bertz CT molecular complexity index is 3380. The van der Waals surface area contributed by atoms with Gasteiger partial charge < -0.3 is 38.8 Å². The van der Waals surface area contributed by atoms with Gasteiger partial charge >= 0.3 is 0 Å². The number of para-hydroxylation sites is 2. The van der Waals surface area contributed by atoms with Crippen molar-refractivity contribution in [2.24, 2.45) is 0 Å². The molecule has 6 aromatic carbocycles. The average Bonchev–Trinajstić information content (AvgIpc) is 3.82. The molecule has 9 heteroatoms. The Morgan fingerprint density at radius 2 is 1.27 bits per heavy atom. The largest absolute Gasteiger partial charge is 0.507 e. The van der Waals surface area contributed by atoms with E-state index in [0.29, 0.717) is 12.0 Å². The van der Waals surface area contributed by atoms with E-state index in [2.05, 4.69) is 180 Å². The minimum absolute atomic E-state index is 0.00661. The summed E-state index contributed by atoms with van der Waals surface area (Å²) in [6, 6.07) is 42.1. The number of anilines is 1. The molecule has 7 atom stereocenters. The molecule has 2 saturated heterocycles. The van der Waals surface area contributed by atoms with Gasteiger partial charge in [0.2, 0.25) is 5.69 Å². The Morgan fingerprint density at radius 1 is 0.671 bits per heavy atom. The quantitative estimate of drug-likeness (QED) is 0.0926. The highest BCUT2D eigenvalue weighted by Crippen LogP contribution is 2.51. The Hall–Kier alpha value is -6.33. The summed E-state index contributed by atoms with van der Waals surface area (Å²) in [6.45, 7) is 13.5. The Labute approximate surface area is 468 Å². The first kappa shape index (κ1) is 54.6. The van der Waals surface area contributed by atoms with Crippen LogP contribution in [0.4, 0.5) is 11.4 Å². The average molecular weight is 1060 g/mol. The minimum Gasteiger partial charge on any atom is -0.507 e. The van der Waals surface area contributed by atoms with Crippen LogP contribution in [0.1, 0.15) is 153 Å². The van der Waals surface area contributed by atoms with Gasteiger partial charge in [-0.1, -0.05) is 124 Å². The third-order valence-corrected chi connectivity index (χ3v) is 17.6. The molecule has 0 bridgehead atoms. The first-order valence-corrected chi connectivity index (χ1v) is 29.3. The lowest BCUT2D eigenvalue weighted by molar-refractivity contribution is -0.401. The van der Waals surface area contributed by atoms with Crippen molar-refractivity contribution in [2.75, 3.05) is 19.0 Å². The number of hydrogen-bond donors (Lipinski definition) is 2. The summed E-state index contributed by atoms with van der Waals surface area (Å²) < 4.78 is 37.0. The maximum Gasteiger partial charge on any atom is 0.210 e. The van der Waals surface area contributed by atoms with Crippen LogP contribution in [0, 0.1) is 0 Å². The maximum absolute atomic E-state index is 10.9. The van der Waals surface area contributed by atoms with Crippen LogP contribution >= 0.6 is 0 Å². The number of aliphatic hydroxyl groups is 1. The first-order valence-electron chi connectivity index (χ1n) is 29.3. The lowest BCUT2D eigenvalue weighted by Gasteiger charge is -2.39. The van der Waals surface area contributed by atoms with E-state index in [0.717, 1.165) is 98.8 Å². The number of rotatable bonds is 16. The molecule has 0 saturated carbocycles. The highest BCUT2D eigenvalue weighted by Gasteiger charge is 2.45. The SMILES string of the molecule is CCCC1CC(CCC2CC(CCCC(C)O)OC(c3ccccc3O)O2)OC(c2ccccc2OC2=C(/C=C/C3=[N+](C)c4ccc5ccccc5c4C3(C)C)CCC/C2=C\C=C2\N(C)c3ccc4ccccc4c3C2(C)C)O1. The standard InChI is InChI=1S/C70H80N2O7/c1-9-20-50-43-52(37-38-53-44-51(26-18-21-45(2)73)76-67(77-53)56-29-14-16-31-60(56)74)78-68(75-50)57-30-15-17-32-61(57)79-66-48(35-41-62-69(3,4)64-54-27-12-10-22-46(54)33-39-58(64)71(62)7)24-19-25-49(66)36-42-63-70(5,6)65-55-28-13-11-23-47(55)34-40-59(65)72(63)8/h10-17,22-23,27-36,39-42,45,50-53,67-68,73H,9,18-21,24-26,37-38,43-44H2,1-8H3/p+1. The zero-order chi connectivity index (χ0) is 55.0. The van der Waals surface area contributed by atoms with E-state index in [1.54, 1.807) is 6.07 Å². The summed E-state index contributed by atoms with van der Waals surface area (Å²) in [4.78, 5) is 2.37. The first-order chi connectivity index (χ1) is 38.2. The smallest absolute Gasteiger partial charge is 0.210 e. The molecule has 1 aliphatic carbocycles. The van der Waals surface area contributed by atoms with Crippen LogP contribution < -0.4 is 9.64 Å². The zero-order valence-electron chi connectivity index (χ0n) is 47.7. The van der Waals surface area contributed by atoms with Crippen molar-refractivity contribution in [1.82, 2.24) is 0 Å². The lowest BCUT2D eigenvalue weighted by atomic mass is 9.78. The predicted molar refractivity (Wildman–Crippen MR) is 318 cm³/mol. The van der Waals surface area contributed by atoms with Crippen molar-refractivity contribution >= 4 is 38.6 Å². The van der Waals surface area contributed by atoms with E-state index in [-0.39, 0.29) is 47.1 Å². The molecule has 7 unspecified atom stereocenters. The fourth-order valence-electron chi connectivity index (χ4n) is 13.6. The molecule has 79 heavy (non-hydrogen) atoms. The summed E-state index contributed by atoms with van der Waals surface area (Å²) in [7, 11) is 4.41. The lowest BCUT2D eigenvalue weighted by Crippen LogP contribution is -2.37. The second kappa shape index (κ2) is 23.0. The molecular weight excluding hydrogens is 981 g/mol. The van der Waals surface area contributed by atoms with Gasteiger partial charge in [-0.25, -0.2) is 0 Å². The van der Waals surface area contributed by atoms with Crippen LogP contribution in [0.3, 0.4) is 0 Å². The van der Waals surface area contributed by atoms with Crippen molar-refractivity contribution in [3.05, 3.63) is 190 Å². The van der Waals surface area contributed by atoms with Crippen LogP contribution in [-0.2, 0) is 29.8 Å². The molecule has 412 valence electrons. The van der Waals surface area contributed by atoms with E-state index in [9.17, 15) is 10.2 Å². The van der Waals surface area contributed by atoms with Gasteiger partial charge in [-0.05, 0) is 153 Å². The van der Waals surface area contributed by atoms with Crippen molar-refractivity contribution in [1.29, 1.82) is 0 Å². The minimum atomic E-state index is -0.677. The number of aliphatic hydroxyl groups excluding tert-OH is 1. The molecule has 11 rings (SSSR count). The van der Waals surface area contributed by atoms with Crippen molar-refractivity contribution < 1.29 is 38.5 Å². The van der Waals surface area contributed by atoms with Gasteiger partial charge in [-0.2, -0.15) is 4.58 Å². The molecule has 9 nitrogen and oxygen atoms in total. The van der Waals surface area contributed by atoms with Crippen molar-refractivity contribution in [2.45, 2.75) is 173 Å². The maximum atomic E-state index is 10.9. The molecule has 4 heterocycles. The molecule has 0 spiro atoms.